The molecule has 0 radical (unpaired) electrons. The summed E-state index contributed by atoms with van der Waals surface area (Å²) in [5.41, 5.74) is 1.28. The molecule has 0 atom stereocenters. The second kappa shape index (κ2) is 6.93. The minimum absolute atomic E-state index is 0.00336. The van der Waals surface area contributed by atoms with Crippen molar-refractivity contribution in [2.24, 2.45) is 0 Å². The lowest BCUT2D eigenvalue weighted by molar-refractivity contribution is -0.114. The highest BCUT2D eigenvalue weighted by Gasteiger charge is 2.35. The predicted molar refractivity (Wildman–Crippen MR) is 103 cm³/mol. The molecule has 3 aromatic rings. The summed E-state index contributed by atoms with van der Waals surface area (Å²) in [7, 11) is -3.67. The van der Waals surface area contributed by atoms with Crippen molar-refractivity contribution in [1.82, 2.24) is 9.97 Å². The molecule has 9 heteroatoms. The monoisotopic (exact) mass is 396 g/mol. The molecule has 0 bridgehead atoms. The summed E-state index contributed by atoms with van der Waals surface area (Å²) in [5, 5.41) is 2.66. The normalized spacial score (nSPS) is 14.4. The van der Waals surface area contributed by atoms with Crippen LogP contribution in [0, 0.1) is 0 Å². The van der Waals surface area contributed by atoms with Gasteiger partial charge in [-0.05, 0) is 23.8 Å². The first-order valence-electron chi connectivity index (χ1n) is 8.43. The van der Waals surface area contributed by atoms with Gasteiger partial charge in [-0.25, -0.2) is 17.7 Å². The van der Waals surface area contributed by atoms with Crippen LogP contribution in [0.2, 0.25) is 0 Å². The third kappa shape index (κ3) is 3.39. The maximum absolute atomic E-state index is 12.8. The fourth-order valence-electron chi connectivity index (χ4n) is 2.91. The van der Waals surface area contributed by atoms with Crippen molar-refractivity contribution >= 4 is 27.4 Å². The fourth-order valence-corrected chi connectivity index (χ4v) is 4.52. The molecule has 1 aliphatic rings. The number of ether oxygens (including phenoxy) is 1. The van der Waals surface area contributed by atoms with Crippen LogP contribution >= 0.6 is 0 Å². The van der Waals surface area contributed by atoms with Gasteiger partial charge in [-0.3, -0.25) is 4.79 Å². The predicted octanol–water partition coefficient (Wildman–Crippen LogP) is 2.94. The third-order valence-electron chi connectivity index (χ3n) is 4.09. The topological polar surface area (TPSA) is 101 Å². The minimum Gasteiger partial charge on any atom is -0.424 e. The Kier molecular flexibility index (Phi) is 4.44. The van der Waals surface area contributed by atoms with Crippen LogP contribution in [0.5, 0.6) is 11.8 Å². The Morgan fingerprint density at radius 2 is 1.96 bits per heavy atom. The lowest BCUT2D eigenvalue weighted by atomic mass is 10.2. The van der Waals surface area contributed by atoms with Crippen LogP contribution in [0.15, 0.2) is 65.7 Å². The molecule has 0 fully saturated rings. The number of sulfonamides is 1. The minimum atomic E-state index is -3.67. The van der Waals surface area contributed by atoms with E-state index in [9.17, 15) is 13.2 Å². The Labute approximate surface area is 161 Å². The summed E-state index contributed by atoms with van der Waals surface area (Å²) < 4.78 is 32.4. The zero-order chi connectivity index (χ0) is 19.7. The molecule has 2 heterocycles. The first-order valence-corrected chi connectivity index (χ1v) is 9.87. The first-order chi connectivity index (χ1) is 13.4. The number of rotatable bonds is 4. The maximum atomic E-state index is 12.8. The molecule has 142 valence electrons. The van der Waals surface area contributed by atoms with E-state index in [1.54, 1.807) is 48.5 Å². The summed E-state index contributed by atoms with van der Waals surface area (Å²) in [6.07, 6.45) is 1.44. The number of anilines is 2. The number of benzene rings is 2. The molecule has 4 rings (SSSR count). The Hall–Kier alpha value is -3.46. The number of carbonyl (C=O) groups is 1. The van der Waals surface area contributed by atoms with Gasteiger partial charge in [-0.15, -0.1) is 0 Å². The number of amides is 1. The van der Waals surface area contributed by atoms with E-state index in [0.717, 1.165) is 0 Å². The van der Waals surface area contributed by atoms with E-state index >= 15 is 0 Å². The summed E-state index contributed by atoms with van der Waals surface area (Å²) in [6, 6.07) is 15.1. The summed E-state index contributed by atoms with van der Waals surface area (Å²) >= 11 is 0. The molecule has 0 saturated heterocycles. The molecule has 0 spiro atoms. The summed E-state index contributed by atoms with van der Waals surface area (Å²) in [6.45, 7) is 1.61. The fraction of sp³-hybridized carbons (Fsp3) is 0.105. The van der Waals surface area contributed by atoms with E-state index in [1.165, 1.54) is 23.5 Å². The number of carbonyl (C=O) groups excluding carboxylic acids is 1. The number of fused-ring (bicyclic) bond motifs is 1. The molecule has 0 saturated carbocycles. The van der Waals surface area contributed by atoms with Gasteiger partial charge < -0.3 is 10.1 Å². The SMILES string of the molecule is CC(=O)Nc1cccc(Oc2nccc(N3Cc4ccccc4S3(=O)=O)n2)c1. The Bertz CT molecular complexity index is 1160. The molecule has 0 aliphatic carbocycles. The average molecular weight is 396 g/mol. The maximum Gasteiger partial charge on any atom is 0.323 e. The summed E-state index contributed by atoms with van der Waals surface area (Å²) in [4.78, 5) is 19.8. The molecule has 1 amide bonds. The van der Waals surface area contributed by atoms with Crippen molar-refractivity contribution in [3.8, 4) is 11.8 Å². The highest BCUT2D eigenvalue weighted by molar-refractivity contribution is 7.93. The lowest BCUT2D eigenvalue weighted by Gasteiger charge is -2.16. The van der Waals surface area contributed by atoms with Crippen LogP contribution < -0.4 is 14.4 Å². The van der Waals surface area contributed by atoms with Gasteiger partial charge in [0.1, 0.15) is 11.6 Å². The number of hydrogen-bond acceptors (Lipinski definition) is 6. The molecule has 1 N–H and O–H groups in total. The van der Waals surface area contributed by atoms with Crippen molar-refractivity contribution in [2.45, 2.75) is 18.4 Å². The van der Waals surface area contributed by atoms with Gasteiger partial charge in [0, 0.05) is 30.9 Å². The smallest absolute Gasteiger partial charge is 0.323 e. The lowest BCUT2D eigenvalue weighted by Crippen LogP contribution is -2.24. The van der Waals surface area contributed by atoms with Crippen LogP contribution in [-0.2, 0) is 21.4 Å². The average Bonchev–Trinajstić information content (AvgIpc) is 2.93. The summed E-state index contributed by atoms with van der Waals surface area (Å²) in [5.74, 6) is 0.435. The van der Waals surface area contributed by atoms with Gasteiger partial charge in [-0.1, -0.05) is 24.3 Å². The van der Waals surface area contributed by atoms with E-state index in [0.29, 0.717) is 17.0 Å². The zero-order valence-corrected chi connectivity index (χ0v) is 15.7. The molecule has 8 nitrogen and oxygen atoms in total. The second-order valence-electron chi connectivity index (χ2n) is 6.13. The van der Waals surface area contributed by atoms with Gasteiger partial charge in [0.2, 0.25) is 5.91 Å². The molecular formula is C19H16N4O4S. The molecular weight excluding hydrogens is 380 g/mol. The van der Waals surface area contributed by atoms with E-state index in [1.807, 2.05) is 0 Å². The quantitative estimate of drug-likeness (QED) is 0.728. The number of hydrogen-bond donors (Lipinski definition) is 1. The van der Waals surface area contributed by atoms with Crippen molar-refractivity contribution in [3.05, 3.63) is 66.4 Å². The number of nitrogens with one attached hydrogen (secondary N) is 1. The zero-order valence-electron chi connectivity index (χ0n) is 14.9. The van der Waals surface area contributed by atoms with Gasteiger partial charge in [0.25, 0.3) is 10.0 Å². The third-order valence-corrected chi connectivity index (χ3v) is 5.94. The molecule has 2 aromatic carbocycles. The van der Waals surface area contributed by atoms with Gasteiger partial charge >= 0.3 is 6.01 Å². The van der Waals surface area contributed by atoms with Crippen molar-refractivity contribution in [1.29, 1.82) is 0 Å². The van der Waals surface area contributed by atoms with Crippen molar-refractivity contribution in [3.63, 3.8) is 0 Å². The van der Waals surface area contributed by atoms with E-state index in [2.05, 4.69) is 15.3 Å². The standard InChI is InChI=1S/C19H16N4O4S/c1-13(24)21-15-6-4-7-16(11-15)27-19-20-10-9-18(22-19)23-12-14-5-2-3-8-17(14)28(23,25)26/h2-11H,12H2,1H3,(H,21,24). The van der Waals surface area contributed by atoms with Gasteiger partial charge in [0.15, 0.2) is 0 Å². The van der Waals surface area contributed by atoms with Gasteiger partial charge in [-0.2, -0.15) is 4.98 Å². The highest BCUT2D eigenvalue weighted by atomic mass is 32.2. The van der Waals surface area contributed by atoms with Crippen molar-refractivity contribution in [2.75, 3.05) is 9.62 Å². The van der Waals surface area contributed by atoms with Crippen LogP contribution in [0.4, 0.5) is 11.5 Å². The van der Waals surface area contributed by atoms with Gasteiger partial charge in [0.05, 0.1) is 11.4 Å². The van der Waals surface area contributed by atoms with Crippen LogP contribution in [0.1, 0.15) is 12.5 Å². The van der Waals surface area contributed by atoms with Crippen LogP contribution in [-0.4, -0.2) is 24.3 Å². The highest BCUT2D eigenvalue weighted by Crippen LogP contribution is 2.34. The Morgan fingerprint density at radius 3 is 2.75 bits per heavy atom. The van der Waals surface area contributed by atoms with E-state index in [4.69, 9.17) is 4.74 Å². The van der Waals surface area contributed by atoms with Crippen molar-refractivity contribution < 1.29 is 17.9 Å². The van der Waals surface area contributed by atoms with E-state index < -0.39 is 10.0 Å². The molecule has 1 aromatic heterocycles. The molecule has 0 unspecified atom stereocenters. The Balaban J connectivity index is 1.61. The molecule has 28 heavy (non-hydrogen) atoms. The molecule has 1 aliphatic heterocycles. The first kappa shape index (κ1) is 17.9. The number of nitrogens with zero attached hydrogens (tertiary/aromatic N) is 3. The number of aromatic nitrogens is 2. The van der Waals surface area contributed by atoms with Crippen LogP contribution in [0.3, 0.4) is 0 Å². The largest absolute Gasteiger partial charge is 0.424 e. The van der Waals surface area contributed by atoms with E-state index in [-0.39, 0.29) is 29.2 Å². The Morgan fingerprint density at radius 1 is 1.14 bits per heavy atom. The second-order valence-corrected chi connectivity index (χ2v) is 7.96. The van der Waals surface area contributed by atoms with Crippen LogP contribution in [0.25, 0.3) is 0 Å².